The summed E-state index contributed by atoms with van der Waals surface area (Å²) in [5, 5.41) is 40.5. The Hall–Kier alpha value is -1.96. The Bertz CT molecular complexity index is 744. The molecule has 0 rings (SSSR count). The minimum Gasteiger partial charge on any atom is -0.481 e. The molecule has 0 fully saturated rings. The van der Waals surface area contributed by atoms with E-state index < -0.39 is 72.0 Å². The van der Waals surface area contributed by atoms with Crippen LogP contribution in [-0.4, -0.2) is 85.5 Å². The zero-order chi connectivity index (χ0) is 28.5. The van der Waals surface area contributed by atoms with Gasteiger partial charge in [0.25, 0.3) is 0 Å². The molecule has 0 saturated carbocycles. The SMILES string of the molecule is CC(C)CC(N)CCC(=O)N(C(=O)[C@@H](N)C(C)C)[C@H](C(=O)C(C(=O)O)C(O)C(N)CC(C)C)C(O)O. The fourth-order valence-electron chi connectivity index (χ4n) is 3.97. The summed E-state index contributed by atoms with van der Waals surface area (Å²) >= 11 is 0. The normalized spacial score (nSPS) is 17.1. The van der Waals surface area contributed by atoms with Crippen LogP contribution >= 0.6 is 0 Å². The average molecular weight is 519 g/mol. The van der Waals surface area contributed by atoms with Crippen LogP contribution in [0.5, 0.6) is 0 Å². The molecule has 12 nitrogen and oxygen atoms in total. The summed E-state index contributed by atoms with van der Waals surface area (Å²) in [6.07, 6.45) is -4.00. The molecule has 0 heterocycles. The van der Waals surface area contributed by atoms with Crippen LogP contribution in [0.3, 0.4) is 0 Å². The zero-order valence-corrected chi connectivity index (χ0v) is 22.2. The van der Waals surface area contributed by atoms with Crippen molar-refractivity contribution < 1.29 is 39.6 Å². The highest BCUT2D eigenvalue weighted by molar-refractivity contribution is 6.08. The van der Waals surface area contributed by atoms with Gasteiger partial charge in [0.2, 0.25) is 11.8 Å². The van der Waals surface area contributed by atoms with Crippen LogP contribution in [0.1, 0.15) is 67.2 Å². The number of nitrogens with two attached hydrogens (primary N) is 3. The second-order valence-electron chi connectivity index (χ2n) is 10.7. The molecule has 0 aromatic heterocycles. The van der Waals surface area contributed by atoms with Gasteiger partial charge in [0.15, 0.2) is 12.1 Å². The van der Waals surface area contributed by atoms with Crippen molar-refractivity contribution in [1.29, 1.82) is 0 Å². The Kier molecular flexibility index (Phi) is 14.5. The van der Waals surface area contributed by atoms with Gasteiger partial charge in [-0.2, -0.15) is 0 Å². The highest BCUT2D eigenvalue weighted by atomic mass is 16.5. The van der Waals surface area contributed by atoms with E-state index in [1.807, 2.05) is 13.8 Å². The first-order chi connectivity index (χ1) is 16.4. The monoisotopic (exact) mass is 518 g/mol. The minimum atomic E-state index is -2.63. The molecule has 210 valence electrons. The molecular formula is C24H46N4O8. The second-order valence-corrected chi connectivity index (χ2v) is 10.7. The fraction of sp³-hybridized carbons (Fsp3) is 0.833. The first kappa shape index (κ1) is 34.0. The van der Waals surface area contributed by atoms with E-state index >= 15 is 0 Å². The predicted molar refractivity (Wildman–Crippen MR) is 133 cm³/mol. The van der Waals surface area contributed by atoms with E-state index in [2.05, 4.69) is 0 Å². The number of rotatable bonds is 16. The number of carboxylic acids is 1. The van der Waals surface area contributed by atoms with Gasteiger partial charge >= 0.3 is 5.97 Å². The molecule has 0 aromatic rings. The van der Waals surface area contributed by atoms with Crippen molar-refractivity contribution in [2.24, 2.45) is 40.9 Å². The van der Waals surface area contributed by atoms with Crippen LogP contribution < -0.4 is 17.2 Å². The number of ketones is 1. The summed E-state index contributed by atoms with van der Waals surface area (Å²) in [6, 6.07) is -5.17. The largest absolute Gasteiger partial charge is 0.481 e. The summed E-state index contributed by atoms with van der Waals surface area (Å²) < 4.78 is 0. The molecule has 12 heteroatoms. The topological polar surface area (TPSA) is 230 Å². The number of imide groups is 1. The van der Waals surface area contributed by atoms with Gasteiger partial charge in [-0.3, -0.25) is 24.1 Å². The Labute approximate surface area is 213 Å². The van der Waals surface area contributed by atoms with Crippen molar-refractivity contribution >= 4 is 23.6 Å². The first-order valence-electron chi connectivity index (χ1n) is 12.4. The van der Waals surface area contributed by atoms with Crippen molar-refractivity contribution in [3.8, 4) is 0 Å². The molecule has 4 unspecified atom stereocenters. The smallest absolute Gasteiger partial charge is 0.316 e. The van der Waals surface area contributed by atoms with Crippen molar-refractivity contribution in [3.05, 3.63) is 0 Å². The quantitative estimate of drug-likeness (QED) is 0.0983. The second kappa shape index (κ2) is 15.3. The third-order valence-electron chi connectivity index (χ3n) is 5.96. The lowest BCUT2D eigenvalue weighted by Crippen LogP contribution is -2.62. The van der Waals surface area contributed by atoms with Crippen LogP contribution in [0.4, 0.5) is 0 Å². The van der Waals surface area contributed by atoms with Gasteiger partial charge in [-0.15, -0.1) is 0 Å². The van der Waals surface area contributed by atoms with Gasteiger partial charge in [0, 0.05) is 18.5 Å². The van der Waals surface area contributed by atoms with Crippen LogP contribution in [0.2, 0.25) is 0 Å². The van der Waals surface area contributed by atoms with Gasteiger partial charge < -0.3 is 37.6 Å². The number of amides is 2. The minimum absolute atomic E-state index is 0.0443. The van der Waals surface area contributed by atoms with Gasteiger partial charge in [0.05, 0.1) is 12.1 Å². The number of hydrogen-bond donors (Lipinski definition) is 7. The van der Waals surface area contributed by atoms with Gasteiger partial charge in [-0.05, 0) is 37.0 Å². The number of carbonyl (C=O) groups excluding carboxylic acids is 3. The van der Waals surface area contributed by atoms with E-state index in [9.17, 15) is 39.6 Å². The van der Waals surface area contributed by atoms with E-state index in [1.54, 1.807) is 27.7 Å². The zero-order valence-electron chi connectivity index (χ0n) is 22.2. The lowest BCUT2D eigenvalue weighted by Gasteiger charge is -2.35. The summed E-state index contributed by atoms with van der Waals surface area (Å²) in [4.78, 5) is 52.0. The number of carbonyl (C=O) groups is 4. The molecule has 0 saturated heterocycles. The predicted octanol–water partition coefficient (Wildman–Crippen LogP) is -0.838. The highest BCUT2D eigenvalue weighted by Gasteiger charge is 2.48. The molecule has 10 N–H and O–H groups in total. The van der Waals surface area contributed by atoms with Crippen molar-refractivity contribution in [2.75, 3.05) is 0 Å². The standard InChI is InChI=1S/C24H46N4O8/c1-11(2)9-14(25)7-8-16(29)28(22(32)18(27)13(5)6)19(24(35)36)21(31)17(23(33)34)20(30)15(26)10-12(3)4/h11-15,17-20,24,30,35-36H,7-10,25-27H2,1-6H3,(H,33,34)/t14?,15?,17?,18-,19+,20?/m0/s1. The number of carboxylic acid groups (broad SMARTS) is 1. The van der Waals surface area contributed by atoms with E-state index in [0.29, 0.717) is 11.3 Å². The molecule has 0 bridgehead atoms. The van der Waals surface area contributed by atoms with E-state index in [1.165, 1.54) is 0 Å². The first-order valence-corrected chi connectivity index (χ1v) is 12.4. The number of aliphatic carboxylic acids is 1. The molecule has 0 spiro atoms. The molecule has 0 aromatic carbocycles. The lowest BCUT2D eigenvalue weighted by molar-refractivity contribution is -0.174. The van der Waals surface area contributed by atoms with Gasteiger partial charge in [-0.1, -0.05) is 41.5 Å². The molecule has 0 aliphatic rings. The van der Waals surface area contributed by atoms with Crippen LogP contribution in [0.15, 0.2) is 0 Å². The average Bonchev–Trinajstić information content (AvgIpc) is 2.72. The third-order valence-corrected chi connectivity index (χ3v) is 5.96. The summed E-state index contributed by atoms with van der Waals surface area (Å²) in [7, 11) is 0. The highest BCUT2D eigenvalue weighted by Crippen LogP contribution is 2.22. The maximum absolute atomic E-state index is 13.4. The summed E-state index contributed by atoms with van der Waals surface area (Å²) in [5.74, 6) is -7.82. The summed E-state index contributed by atoms with van der Waals surface area (Å²) in [6.45, 7) is 10.6. The number of aliphatic hydroxyl groups excluding tert-OH is 2. The molecule has 2 amide bonds. The maximum Gasteiger partial charge on any atom is 0.316 e. The van der Waals surface area contributed by atoms with Crippen molar-refractivity contribution in [2.45, 2.75) is 104 Å². The number of aliphatic hydroxyl groups is 3. The van der Waals surface area contributed by atoms with Crippen LogP contribution in [0.25, 0.3) is 0 Å². The van der Waals surface area contributed by atoms with E-state index in [-0.39, 0.29) is 31.1 Å². The Morgan fingerprint density at radius 3 is 1.72 bits per heavy atom. The van der Waals surface area contributed by atoms with Crippen LogP contribution in [0, 0.1) is 23.7 Å². The molecule has 36 heavy (non-hydrogen) atoms. The number of hydrogen-bond acceptors (Lipinski definition) is 10. The Balaban J connectivity index is 6.37. The lowest BCUT2D eigenvalue weighted by atomic mass is 9.85. The van der Waals surface area contributed by atoms with Gasteiger partial charge in [0.1, 0.15) is 12.0 Å². The third kappa shape index (κ3) is 10.2. The molecule has 0 aliphatic heterocycles. The van der Waals surface area contributed by atoms with E-state index in [4.69, 9.17) is 17.2 Å². The fourth-order valence-corrected chi connectivity index (χ4v) is 3.97. The number of Topliss-reactive ketones (excluding diaryl/α,β-unsaturated/α-hetero) is 1. The maximum atomic E-state index is 13.4. The molecular weight excluding hydrogens is 472 g/mol. The van der Waals surface area contributed by atoms with E-state index in [0.717, 1.165) is 0 Å². The Morgan fingerprint density at radius 1 is 0.833 bits per heavy atom. The Morgan fingerprint density at radius 2 is 1.33 bits per heavy atom. The summed E-state index contributed by atoms with van der Waals surface area (Å²) in [5.41, 5.74) is 17.9. The molecule has 0 aliphatic carbocycles. The van der Waals surface area contributed by atoms with Crippen molar-refractivity contribution in [1.82, 2.24) is 4.90 Å². The molecule has 6 atom stereocenters. The van der Waals surface area contributed by atoms with Crippen LogP contribution in [-0.2, 0) is 19.2 Å². The van der Waals surface area contributed by atoms with Crippen molar-refractivity contribution in [3.63, 3.8) is 0 Å². The van der Waals surface area contributed by atoms with Gasteiger partial charge in [-0.25, -0.2) is 0 Å². The number of nitrogens with zero attached hydrogens (tertiary/aromatic N) is 1. The molecule has 0 radical (unpaired) electrons.